The molecule has 0 aromatic heterocycles. The number of halogens is 1. The molecule has 1 fully saturated rings. The van der Waals surface area contributed by atoms with Crippen LogP contribution in [0.3, 0.4) is 0 Å². The minimum atomic E-state index is -1.82. The first-order valence-corrected chi connectivity index (χ1v) is 6.16. The van der Waals surface area contributed by atoms with Crippen LogP contribution >= 0.6 is 0 Å². The van der Waals surface area contributed by atoms with Gasteiger partial charge in [0, 0.05) is 5.56 Å². The molecule has 2 rings (SSSR count). The molecule has 3 heteroatoms. The average molecular weight is 236 g/mol. The van der Waals surface area contributed by atoms with Crippen molar-refractivity contribution in [1.29, 1.82) is 0 Å². The molecule has 0 radical (unpaired) electrons. The first-order valence-electron chi connectivity index (χ1n) is 6.16. The first kappa shape index (κ1) is 12.2. The lowest BCUT2D eigenvalue weighted by atomic mass is 9.98. The molecule has 0 heterocycles. The van der Waals surface area contributed by atoms with E-state index < -0.39 is 12.1 Å². The Kier molecular flexibility index (Phi) is 4.26. The van der Waals surface area contributed by atoms with Crippen LogP contribution in [-0.2, 0) is 4.74 Å². The molecule has 0 aliphatic heterocycles. The maximum absolute atomic E-state index is 13.7. The number of carbonyl (C=O) groups excluding carboxylic acids is 1. The zero-order chi connectivity index (χ0) is 12.1. The molecule has 1 unspecified atom stereocenters. The highest BCUT2D eigenvalue weighted by molar-refractivity contribution is 5.98. The Hall–Kier alpha value is -1.22. The summed E-state index contributed by atoms with van der Waals surface area (Å²) in [5.74, 6) is -0.573. The average Bonchev–Trinajstić information content (AvgIpc) is 2.40. The third kappa shape index (κ3) is 3.37. The van der Waals surface area contributed by atoms with Crippen LogP contribution in [0.4, 0.5) is 4.39 Å². The van der Waals surface area contributed by atoms with Crippen LogP contribution in [-0.4, -0.2) is 18.2 Å². The predicted molar refractivity (Wildman–Crippen MR) is 63.6 cm³/mol. The first-order chi connectivity index (χ1) is 8.27. The van der Waals surface area contributed by atoms with Crippen LogP contribution in [0, 0.1) is 0 Å². The molecule has 17 heavy (non-hydrogen) atoms. The lowest BCUT2D eigenvalue weighted by molar-refractivity contribution is -0.0748. The van der Waals surface area contributed by atoms with Gasteiger partial charge in [0.25, 0.3) is 6.36 Å². The van der Waals surface area contributed by atoms with Gasteiger partial charge in [0.2, 0.25) is 5.78 Å². The van der Waals surface area contributed by atoms with E-state index in [1.54, 1.807) is 30.3 Å². The van der Waals surface area contributed by atoms with E-state index in [4.69, 9.17) is 4.74 Å². The van der Waals surface area contributed by atoms with Gasteiger partial charge in [-0.15, -0.1) is 0 Å². The molecule has 0 saturated heterocycles. The second-order valence-corrected chi connectivity index (χ2v) is 4.44. The maximum atomic E-state index is 13.7. The molecule has 0 amide bonds. The van der Waals surface area contributed by atoms with Crippen LogP contribution in [0.2, 0.25) is 0 Å². The molecule has 1 aromatic rings. The van der Waals surface area contributed by atoms with E-state index in [2.05, 4.69) is 0 Å². The zero-order valence-electron chi connectivity index (χ0n) is 9.77. The molecule has 2 nitrogen and oxygen atoms in total. The van der Waals surface area contributed by atoms with Gasteiger partial charge in [-0.2, -0.15) is 0 Å². The van der Waals surface area contributed by atoms with Crippen molar-refractivity contribution in [2.75, 3.05) is 0 Å². The van der Waals surface area contributed by atoms with E-state index in [-0.39, 0.29) is 6.10 Å². The normalized spacial score (nSPS) is 18.9. The fourth-order valence-corrected chi connectivity index (χ4v) is 2.17. The van der Waals surface area contributed by atoms with Crippen molar-refractivity contribution in [2.24, 2.45) is 0 Å². The highest BCUT2D eigenvalue weighted by atomic mass is 19.1. The predicted octanol–water partition coefficient (Wildman–Crippen LogP) is 3.51. The SMILES string of the molecule is O=C(c1ccccc1)C(F)OC1CCCCC1. The minimum Gasteiger partial charge on any atom is -0.339 e. The third-order valence-corrected chi connectivity index (χ3v) is 3.13. The van der Waals surface area contributed by atoms with Gasteiger partial charge in [0.15, 0.2) is 0 Å². The molecule has 1 atom stereocenters. The summed E-state index contributed by atoms with van der Waals surface area (Å²) in [7, 11) is 0. The summed E-state index contributed by atoms with van der Waals surface area (Å²) in [6.07, 6.45) is 3.13. The highest BCUT2D eigenvalue weighted by Gasteiger charge is 2.24. The minimum absolute atomic E-state index is 0.0913. The molecule has 1 aromatic carbocycles. The van der Waals surface area contributed by atoms with E-state index in [0.29, 0.717) is 5.56 Å². The summed E-state index contributed by atoms with van der Waals surface area (Å²) in [6.45, 7) is 0. The van der Waals surface area contributed by atoms with E-state index in [1.165, 1.54) is 6.42 Å². The third-order valence-electron chi connectivity index (χ3n) is 3.13. The maximum Gasteiger partial charge on any atom is 0.263 e. The number of Topliss-reactive ketones (excluding diaryl/α,β-unsaturated/α-hetero) is 1. The van der Waals surface area contributed by atoms with E-state index in [9.17, 15) is 9.18 Å². The van der Waals surface area contributed by atoms with Gasteiger partial charge in [-0.1, -0.05) is 49.6 Å². The van der Waals surface area contributed by atoms with Gasteiger partial charge < -0.3 is 4.74 Å². The van der Waals surface area contributed by atoms with Crippen LogP contribution < -0.4 is 0 Å². The van der Waals surface area contributed by atoms with E-state index >= 15 is 0 Å². The van der Waals surface area contributed by atoms with Gasteiger partial charge in [0.1, 0.15) is 0 Å². The Morgan fingerprint density at radius 1 is 1.18 bits per heavy atom. The summed E-state index contributed by atoms with van der Waals surface area (Å²) in [5.41, 5.74) is 0.371. The van der Waals surface area contributed by atoms with Crippen molar-refractivity contribution in [2.45, 2.75) is 44.6 Å². The fraction of sp³-hybridized carbons (Fsp3) is 0.500. The van der Waals surface area contributed by atoms with Gasteiger partial charge in [-0.05, 0) is 12.8 Å². The van der Waals surface area contributed by atoms with Crippen molar-refractivity contribution in [3.05, 3.63) is 35.9 Å². The Morgan fingerprint density at radius 2 is 1.82 bits per heavy atom. The number of hydrogen-bond acceptors (Lipinski definition) is 2. The number of ether oxygens (including phenoxy) is 1. The van der Waals surface area contributed by atoms with Crippen molar-refractivity contribution in [3.8, 4) is 0 Å². The molecule has 1 aliphatic rings. The number of ketones is 1. The smallest absolute Gasteiger partial charge is 0.263 e. The van der Waals surface area contributed by atoms with Crippen molar-refractivity contribution in [1.82, 2.24) is 0 Å². The summed E-state index contributed by atoms with van der Waals surface area (Å²) in [5, 5.41) is 0. The number of carbonyl (C=O) groups is 1. The molecule has 92 valence electrons. The summed E-state index contributed by atoms with van der Waals surface area (Å²) >= 11 is 0. The fourth-order valence-electron chi connectivity index (χ4n) is 2.17. The molecule has 1 saturated carbocycles. The largest absolute Gasteiger partial charge is 0.339 e. The second-order valence-electron chi connectivity index (χ2n) is 4.44. The van der Waals surface area contributed by atoms with Crippen LogP contribution in [0.15, 0.2) is 30.3 Å². The molecule has 1 aliphatic carbocycles. The van der Waals surface area contributed by atoms with Crippen LogP contribution in [0.1, 0.15) is 42.5 Å². The summed E-state index contributed by atoms with van der Waals surface area (Å²) in [6, 6.07) is 8.46. The van der Waals surface area contributed by atoms with Crippen LogP contribution in [0.5, 0.6) is 0 Å². The number of alkyl halides is 1. The van der Waals surface area contributed by atoms with Crippen molar-refractivity contribution >= 4 is 5.78 Å². The Labute approximate surface area is 101 Å². The standard InChI is InChI=1S/C14H17FO2/c15-14(17-12-9-5-2-6-10-12)13(16)11-7-3-1-4-8-11/h1,3-4,7-8,12,14H,2,5-6,9-10H2. The summed E-state index contributed by atoms with van der Waals surface area (Å²) < 4.78 is 18.9. The van der Waals surface area contributed by atoms with Crippen LogP contribution in [0.25, 0.3) is 0 Å². The van der Waals surface area contributed by atoms with Gasteiger partial charge in [0.05, 0.1) is 6.10 Å². The Bertz CT molecular complexity index is 358. The van der Waals surface area contributed by atoms with Crippen molar-refractivity contribution in [3.63, 3.8) is 0 Å². The van der Waals surface area contributed by atoms with E-state index in [0.717, 1.165) is 25.7 Å². The molecular formula is C14H17FO2. The molecule has 0 spiro atoms. The van der Waals surface area contributed by atoms with E-state index in [1.807, 2.05) is 0 Å². The lowest BCUT2D eigenvalue weighted by Gasteiger charge is -2.23. The number of hydrogen-bond donors (Lipinski definition) is 0. The molecular weight excluding hydrogens is 219 g/mol. The van der Waals surface area contributed by atoms with Gasteiger partial charge in [-0.25, -0.2) is 4.39 Å². The Balaban J connectivity index is 1.91. The number of benzene rings is 1. The van der Waals surface area contributed by atoms with Gasteiger partial charge in [-0.3, -0.25) is 4.79 Å². The summed E-state index contributed by atoms with van der Waals surface area (Å²) in [4.78, 5) is 11.7. The zero-order valence-corrected chi connectivity index (χ0v) is 9.77. The molecule has 0 bridgehead atoms. The van der Waals surface area contributed by atoms with Crippen molar-refractivity contribution < 1.29 is 13.9 Å². The van der Waals surface area contributed by atoms with Gasteiger partial charge >= 0.3 is 0 Å². The Morgan fingerprint density at radius 3 is 2.47 bits per heavy atom. The quantitative estimate of drug-likeness (QED) is 0.748. The molecule has 0 N–H and O–H groups in total. The monoisotopic (exact) mass is 236 g/mol. The lowest BCUT2D eigenvalue weighted by Crippen LogP contribution is -2.27. The second kappa shape index (κ2) is 5.92. The number of rotatable bonds is 4. The highest BCUT2D eigenvalue weighted by Crippen LogP contribution is 2.22. The topological polar surface area (TPSA) is 26.3 Å².